The van der Waals surface area contributed by atoms with Gasteiger partial charge in [0.15, 0.2) is 11.6 Å². The van der Waals surface area contributed by atoms with Gasteiger partial charge in [-0.05, 0) is 13.5 Å². The minimum absolute atomic E-state index is 0.0681. The zero-order chi connectivity index (χ0) is 11.7. The van der Waals surface area contributed by atoms with E-state index in [1.807, 2.05) is 14.0 Å². The van der Waals surface area contributed by atoms with Crippen molar-refractivity contribution in [1.82, 2.24) is 15.3 Å². The Bertz CT molecular complexity index is 464. The molecule has 0 radical (unpaired) electrons. The fraction of sp³-hybridized carbons (Fsp3) is 0.364. The van der Waals surface area contributed by atoms with Gasteiger partial charge in [0.25, 0.3) is 0 Å². The Morgan fingerprint density at radius 3 is 2.69 bits per heavy atom. The van der Waals surface area contributed by atoms with E-state index in [-0.39, 0.29) is 6.04 Å². The summed E-state index contributed by atoms with van der Waals surface area (Å²) < 4.78 is 26.0. The third-order valence-electron chi connectivity index (χ3n) is 2.63. The van der Waals surface area contributed by atoms with Crippen molar-refractivity contribution in [3.05, 3.63) is 29.6 Å². The van der Waals surface area contributed by atoms with Crippen LogP contribution < -0.4 is 5.32 Å². The smallest absolute Gasteiger partial charge is 0.161 e. The Balaban J connectivity index is 2.51. The lowest BCUT2D eigenvalue weighted by Crippen LogP contribution is -2.16. The number of benzene rings is 1. The van der Waals surface area contributed by atoms with Gasteiger partial charge in [-0.1, -0.05) is 6.92 Å². The van der Waals surface area contributed by atoms with Gasteiger partial charge in [0.05, 0.1) is 17.1 Å². The van der Waals surface area contributed by atoms with Crippen molar-refractivity contribution in [3.63, 3.8) is 0 Å². The topological polar surface area (TPSA) is 40.7 Å². The SMILES string of the molecule is CCC(NC)c1nc2cc(F)c(F)cc2[nH]1. The average Bonchev–Trinajstić information content (AvgIpc) is 2.63. The molecule has 0 fully saturated rings. The molecule has 86 valence electrons. The first-order valence-corrected chi connectivity index (χ1v) is 5.17. The highest BCUT2D eigenvalue weighted by Gasteiger charge is 2.13. The molecule has 0 saturated carbocycles. The molecule has 2 aromatic rings. The molecule has 0 spiro atoms. The van der Waals surface area contributed by atoms with Crippen LogP contribution in [0.4, 0.5) is 8.78 Å². The van der Waals surface area contributed by atoms with E-state index >= 15 is 0 Å². The number of aromatic nitrogens is 2. The molecule has 1 aromatic heterocycles. The standard InChI is InChI=1S/C11H13F2N3/c1-3-8(14-2)11-15-9-4-6(12)7(13)5-10(9)16-11/h4-5,8,14H,3H2,1-2H3,(H,15,16). The zero-order valence-electron chi connectivity index (χ0n) is 9.14. The first-order valence-electron chi connectivity index (χ1n) is 5.17. The van der Waals surface area contributed by atoms with Gasteiger partial charge in [0.1, 0.15) is 5.82 Å². The maximum Gasteiger partial charge on any atom is 0.161 e. The van der Waals surface area contributed by atoms with Gasteiger partial charge in [-0.15, -0.1) is 0 Å². The Kier molecular flexibility index (Phi) is 2.87. The van der Waals surface area contributed by atoms with Gasteiger partial charge in [-0.25, -0.2) is 13.8 Å². The van der Waals surface area contributed by atoms with Crippen molar-refractivity contribution in [3.8, 4) is 0 Å². The fourth-order valence-corrected chi connectivity index (χ4v) is 1.72. The molecular formula is C11H13F2N3. The number of hydrogen-bond acceptors (Lipinski definition) is 2. The van der Waals surface area contributed by atoms with Crippen LogP contribution in [0.1, 0.15) is 25.2 Å². The summed E-state index contributed by atoms with van der Waals surface area (Å²) >= 11 is 0. The first kappa shape index (κ1) is 11.0. The molecule has 2 rings (SSSR count). The van der Waals surface area contributed by atoms with E-state index in [0.29, 0.717) is 16.9 Å². The number of nitrogens with one attached hydrogen (secondary N) is 2. The number of halogens is 2. The molecule has 5 heteroatoms. The Morgan fingerprint density at radius 2 is 2.06 bits per heavy atom. The van der Waals surface area contributed by atoms with E-state index in [4.69, 9.17) is 0 Å². The van der Waals surface area contributed by atoms with E-state index in [1.54, 1.807) is 0 Å². The monoisotopic (exact) mass is 225 g/mol. The normalized spacial score (nSPS) is 13.2. The van der Waals surface area contributed by atoms with Gasteiger partial charge in [0, 0.05) is 12.1 Å². The first-order chi connectivity index (χ1) is 7.65. The van der Waals surface area contributed by atoms with E-state index in [0.717, 1.165) is 18.6 Å². The highest BCUT2D eigenvalue weighted by molar-refractivity contribution is 5.75. The lowest BCUT2D eigenvalue weighted by molar-refractivity contribution is 0.510. The van der Waals surface area contributed by atoms with Gasteiger partial charge in [0.2, 0.25) is 0 Å². The third kappa shape index (κ3) is 1.78. The fourth-order valence-electron chi connectivity index (χ4n) is 1.72. The molecule has 0 aliphatic carbocycles. The summed E-state index contributed by atoms with van der Waals surface area (Å²) in [5.41, 5.74) is 0.963. The van der Waals surface area contributed by atoms with Crippen molar-refractivity contribution in [2.75, 3.05) is 7.05 Å². The van der Waals surface area contributed by atoms with Crippen LogP contribution in [-0.2, 0) is 0 Å². The summed E-state index contributed by atoms with van der Waals surface area (Å²) in [6.45, 7) is 2.01. The van der Waals surface area contributed by atoms with Crippen LogP contribution in [0.3, 0.4) is 0 Å². The third-order valence-corrected chi connectivity index (χ3v) is 2.63. The number of H-pyrrole nitrogens is 1. The highest BCUT2D eigenvalue weighted by Crippen LogP contribution is 2.20. The Labute approximate surface area is 91.9 Å². The van der Waals surface area contributed by atoms with Crippen LogP contribution in [0, 0.1) is 11.6 Å². The number of nitrogens with zero attached hydrogens (tertiary/aromatic N) is 1. The molecule has 0 amide bonds. The molecular weight excluding hydrogens is 212 g/mol. The van der Waals surface area contributed by atoms with E-state index in [2.05, 4.69) is 15.3 Å². The zero-order valence-corrected chi connectivity index (χ0v) is 9.14. The van der Waals surface area contributed by atoms with Crippen molar-refractivity contribution >= 4 is 11.0 Å². The average molecular weight is 225 g/mol. The predicted octanol–water partition coefficient (Wildman–Crippen LogP) is 2.51. The van der Waals surface area contributed by atoms with Gasteiger partial charge >= 0.3 is 0 Å². The second-order valence-corrected chi connectivity index (χ2v) is 3.66. The van der Waals surface area contributed by atoms with Crippen LogP contribution in [0.2, 0.25) is 0 Å². The molecule has 1 heterocycles. The number of aromatic amines is 1. The van der Waals surface area contributed by atoms with Gasteiger partial charge in [-0.3, -0.25) is 0 Å². The number of imidazole rings is 1. The summed E-state index contributed by atoms with van der Waals surface area (Å²) in [6, 6.07) is 2.30. The predicted molar refractivity (Wildman–Crippen MR) is 58.1 cm³/mol. The minimum Gasteiger partial charge on any atom is -0.341 e. The molecule has 3 nitrogen and oxygen atoms in total. The lowest BCUT2D eigenvalue weighted by Gasteiger charge is -2.09. The van der Waals surface area contributed by atoms with Crippen molar-refractivity contribution < 1.29 is 8.78 Å². The van der Waals surface area contributed by atoms with Crippen molar-refractivity contribution in [1.29, 1.82) is 0 Å². The van der Waals surface area contributed by atoms with E-state index in [1.165, 1.54) is 0 Å². The molecule has 1 atom stereocenters. The van der Waals surface area contributed by atoms with E-state index < -0.39 is 11.6 Å². The second-order valence-electron chi connectivity index (χ2n) is 3.66. The molecule has 2 N–H and O–H groups in total. The van der Waals surface area contributed by atoms with Crippen molar-refractivity contribution in [2.24, 2.45) is 0 Å². The summed E-state index contributed by atoms with van der Waals surface area (Å²) in [6.07, 6.45) is 0.848. The van der Waals surface area contributed by atoms with Gasteiger partial charge < -0.3 is 10.3 Å². The van der Waals surface area contributed by atoms with Crippen LogP contribution in [0.15, 0.2) is 12.1 Å². The molecule has 0 saturated heterocycles. The van der Waals surface area contributed by atoms with Crippen LogP contribution in [-0.4, -0.2) is 17.0 Å². The van der Waals surface area contributed by atoms with E-state index in [9.17, 15) is 8.78 Å². The molecule has 0 bridgehead atoms. The number of rotatable bonds is 3. The number of hydrogen-bond donors (Lipinski definition) is 2. The Hall–Kier alpha value is -1.49. The molecule has 1 aromatic carbocycles. The lowest BCUT2D eigenvalue weighted by atomic mass is 10.2. The summed E-state index contributed by atoms with van der Waals surface area (Å²) in [4.78, 5) is 7.22. The van der Waals surface area contributed by atoms with Crippen molar-refractivity contribution in [2.45, 2.75) is 19.4 Å². The van der Waals surface area contributed by atoms with Gasteiger partial charge in [-0.2, -0.15) is 0 Å². The summed E-state index contributed by atoms with van der Waals surface area (Å²) in [5.74, 6) is -1.03. The van der Waals surface area contributed by atoms with Crippen LogP contribution >= 0.6 is 0 Å². The minimum atomic E-state index is -0.872. The maximum absolute atomic E-state index is 13.0. The molecule has 16 heavy (non-hydrogen) atoms. The summed E-state index contributed by atoms with van der Waals surface area (Å²) in [7, 11) is 1.82. The molecule has 0 aliphatic heterocycles. The molecule has 1 unspecified atom stereocenters. The summed E-state index contributed by atoms with van der Waals surface area (Å²) in [5, 5.41) is 3.08. The van der Waals surface area contributed by atoms with Crippen LogP contribution in [0.25, 0.3) is 11.0 Å². The number of fused-ring (bicyclic) bond motifs is 1. The van der Waals surface area contributed by atoms with Crippen LogP contribution in [0.5, 0.6) is 0 Å². The second kappa shape index (κ2) is 4.17. The maximum atomic E-state index is 13.0. The molecule has 0 aliphatic rings. The largest absolute Gasteiger partial charge is 0.341 e. The highest BCUT2D eigenvalue weighted by atomic mass is 19.2. The Morgan fingerprint density at radius 1 is 1.38 bits per heavy atom. The quantitative estimate of drug-likeness (QED) is 0.842.